The summed E-state index contributed by atoms with van der Waals surface area (Å²) < 4.78 is 0. The number of amides is 1. The molecule has 0 bridgehead atoms. The van der Waals surface area contributed by atoms with E-state index in [9.17, 15) is 4.79 Å². The number of hydrogen-bond acceptors (Lipinski definition) is 3. The van der Waals surface area contributed by atoms with Crippen LogP contribution < -0.4 is 5.73 Å². The average Bonchev–Trinajstić information content (AvgIpc) is 2.58. The third-order valence-corrected chi connectivity index (χ3v) is 3.50. The summed E-state index contributed by atoms with van der Waals surface area (Å²) in [4.78, 5) is 15.9. The number of nitrogens with zero attached hydrogens (tertiary/aromatic N) is 1. The molecule has 16 heavy (non-hydrogen) atoms. The van der Waals surface area contributed by atoms with Crippen molar-refractivity contribution >= 4 is 22.9 Å². The van der Waals surface area contributed by atoms with Crippen LogP contribution in [0.3, 0.4) is 0 Å². The molecule has 90 valence electrons. The Kier molecular flexibility index (Phi) is 4.80. The van der Waals surface area contributed by atoms with Gasteiger partial charge in [-0.2, -0.15) is 0 Å². The molecule has 0 fully saturated rings. The Balaban J connectivity index is 2.81. The Morgan fingerprint density at radius 3 is 2.31 bits per heavy atom. The maximum atomic E-state index is 12.2. The Morgan fingerprint density at radius 1 is 1.38 bits per heavy atom. The summed E-state index contributed by atoms with van der Waals surface area (Å²) in [6, 6.07) is 1.79. The van der Waals surface area contributed by atoms with Gasteiger partial charge in [0.25, 0.3) is 5.91 Å². The third kappa shape index (κ3) is 2.98. The molecule has 1 amide bonds. The van der Waals surface area contributed by atoms with Crippen LogP contribution in [0.15, 0.2) is 6.07 Å². The topological polar surface area (TPSA) is 46.3 Å². The molecule has 0 unspecified atom stereocenters. The summed E-state index contributed by atoms with van der Waals surface area (Å²) in [5.74, 6) is 0.119. The zero-order chi connectivity index (χ0) is 12.1. The van der Waals surface area contributed by atoms with Crippen LogP contribution in [0.2, 0.25) is 0 Å². The van der Waals surface area contributed by atoms with Crippen LogP contribution in [0.5, 0.6) is 0 Å². The van der Waals surface area contributed by atoms with Crippen molar-refractivity contribution in [3.05, 3.63) is 15.8 Å². The van der Waals surface area contributed by atoms with Gasteiger partial charge >= 0.3 is 0 Å². The van der Waals surface area contributed by atoms with Crippen LogP contribution in [-0.2, 0) is 0 Å². The number of carbonyl (C=O) groups excluding carboxylic acids is 1. The van der Waals surface area contributed by atoms with Crippen LogP contribution in [0.1, 0.15) is 41.2 Å². The molecule has 0 radical (unpaired) electrons. The molecule has 0 aliphatic rings. The van der Waals surface area contributed by atoms with Crippen LogP contribution in [-0.4, -0.2) is 23.9 Å². The van der Waals surface area contributed by atoms with Gasteiger partial charge in [-0.05, 0) is 25.8 Å². The number of hydrogen-bond donors (Lipinski definition) is 1. The predicted octanol–water partition coefficient (Wildman–Crippen LogP) is 2.90. The molecular weight excluding hydrogens is 220 g/mol. The van der Waals surface area contributed by atoms with Crippen molar-refractivity contribution in [1.82, 2.24) is 4.90 Å². The van der Waals surface area contributed by atoms with E-state index >= 15 is 0 Å². The molecule has 2 N–H and O–H groups in total. The fourth-order valence-electron chi connectivity index (χ4n) is 1.61. The van der Waals surface area contributed by atoms with Crippen molar-refractivity contribution in [2.75, 3.05) is 18.8 Å². The first kappa shape index (κ1) is 13.0. The molecule has 1 rings (SSSR count). The molecule has 0 aliphatic heterocycles. The van der Waals surface area contributed by atoms with E-state index in [1.807, 2.05) is 11.8 Å². The van der Waals surface area contributed by atoms with Gasteiger partial charge in [-0.25, -0.2) is 0 Å². The summed E-state index contributed by atoms with van der Waals surface area (Å²) in [5, 5.41) is 0. The van der Waals surface area contributed by atoms with Gasteiger partial charge in [-0.3, -0.25) is 4.79 Å². The first-order valence-electron chi connectivity index (χ1n) is 5.75. The zero-order valence-electron chi connectivity index (χ0n) is 10.2. The smallest absolute Gasteiger partial charge is 0.264 e. The average molecular weight is 240 g/mol. The summed E-state index contributed by atoms with van der Waals surface area (Å²) >= 11 is 1.49. The SMILES string of the molecule is CCCN(CCC)C(=O)c1cc(N)c(C)s1. The Bertz CT molecular complexity index is 334. The molecule has 0 aromatic carbocycles. The van der Waals surface area contributed by atoms with Crippen LogP contribution in [0, 0.1) is 6.92 Å². The number of anilines is 1. The highest BCUT2D eigenvalue weighted by Crippen LogP contribution is 2.24. The molecule has 0 aliphatic carbocycles. The van der Waals surface area contributed by atoms with E-state index in [-0.39, 0.29) is 5.91 Å². The van der Waals surface area contributed by atoms with Crippen LogP contribution >= 0.6 is 11.3 Å². The second-order valence-electron chi connectivity index (χ2n) is 3.91. The van der Waals surface area contributed by atoms with E-state index in [4.69, 9.17) is 5.73 Å². The minimum absolute atomic E-state index is 0.119. The van der Waals surface area contributed by atoms with E-state index in [0.29, 0.717) is 0 Å². The van der Waals surface area contributed by atoms with Gasteiger partial charge < -0.3 is 10.6 Å². The first-order chi connectivity index (χ1) is 7.60. The maximum Gasteiger partial charge on any atom is 0.264 e. The highest BCUT2D eigenvalue weighted by atomic mass is 32.1. The molecule has 0 spiro atoms. The molecule has 0 atom stereocenters. The van der Waals surface area contributed by atoms with Crippen LogP contribution in [0.25, 0.3) is 0 Å². The predicted molar refractivity (Wildman–Crippen MR) is 70.0 cm³/mol. The lowest BCUT2D eigenvalue weighted by atomic mass is 10.3. The van der Waals surface area contributed by atoms with Crippen molar-refractivity contribution in [1.29, 1.82) is 0 Å². The van der Waals surface area contributed by atoms with E-state index in [0.717, 1.165) is 41.4 Å². The quantitative estimate of drug-likeness (QED) is 0.860. The molecule has 1 heterocycles. The van der Waals surface area contributed by atoms with Crippen molar-refractivity contribution in [2.24, 2.45) is 0 Å². The van der Waals surface area contributed by atoms with Gasteiger partial charge in [0.15, 0.2) is 0 Å². The van der Waals surface area contributed by atoms with E-state index in [1.165, 1.54) is 11.3 Å². The molecule has 0 saturated carbocycles. The lowest BCUT2D eigenvalue weighted by Gasteiger charge is -2.20. The fraction of sp³-hybridized carbons (Fsp3) is 0.583. The minimum Gasteiger partial charge on any atom is -0.398 e. The number of nitrogens with two attached hydrogens (primary N) is 1. The van der Waals surface area contributed by atoms with Crippen LogP contribution in [0.4, 0.5) is 5.69 Å². The number of nitrogen functional groups attached to an aromatic ring is 1. The third-order valence-electron chi connectivity index (χ3n) is 2.44. The standard InChI is InChI=1S/C12H20N2OS/c1-4-6-14(7-5-2)12(15)11-8-10(13)9(3)16-11/h8H,4-7,13H2,1-3H3. The lowest BCUT2D eigenvalue weighted by molar-refractivity contribution is 0.0760. The fourth-order valence-corrected chi connectivity index (χ4v) is 2.52. The summed E-state index contributed by atoms with van der Waals surface area (Å²) in [7, 11) is 0. The highest BCUT2D eigenvalue weighted by molar-refractivity contribution is 7.14. The maximum absolute atomic E-state index is 12.2. The van der Waals surface area contributed by atoms with E-state index in [1.54, 1.807) is 6.07 Å². The van der Waals surface area contributed by atoms with Gasteiger partial charge in [0.1, 0.15) is 0 Å². The normalized spacial score (nSPS) is 10.4. The number of thiophene rings is 1. The first-order valence-corrected chi connectivity index (χ1v) is 6.57. The monoisotopic (exact) mass is 240 g/mol. The second kappa shape index (κ2) is 5.89. The Hall–Kier alpha value is -1.03. The second-order valence-corrected chi connectivity index (χ2v) is 5.17. The van der Waals surface area contributed by atoms with E-state index < -0.39 is 0 Å². The van der Waals surface area contributed by atoms with Gasteiger partial charge in [0.2, 0.25) is 0 Å². The molecule has 0 saturated heterocycles. The number of rotatable bonds is 5. The zero-order valence-corrected chi connectivity index (χ0v) is 11.1. The molecular formula is C12H20N2OS. The molecule has 4 heteroatoms. The Morgan fingerprint density at radius 2 is 1.94 bits per heavy atom. The number of carbonyl (C=O) groups is 1. The van der Waals surface area contributed by atoms with Crippen molar-refractivity contribution in [3.8, 4) is 0 Å². The van der Waals surface area contributed by atoms with Gasteiger partial charge in [-0.1, -0.05) is 13.8 Å². The van der Waals surface area contributed by atoms with Gasteiger partial charge in [0, 0.05) is 23.7 Å². The molecule has 3 nitrogen and oxygen atoms in total. The molecule has 1 aromatic rings. The summed E-state index contributed by atoms with van der Waals surface area (Å²) in [5.41, 5.74) is 6.49. The number of aryl methyl sites for hydroxylation is 1. The van der Waals surface area contributed by atoms with E-state index in [2.05, 4.69) is 13.8 Å². The highest BCUT2D eigenvalue weighted by Gasteiger charge is 2.17. The summed E-state index contributed by atoms with van der Waals surface area (Å²) in [6.07, 6.45) is 1.98. The summed E-state index contributed by atoms with van der Waals surface area (Å²) in [6.45, 7) is 7.77. The molecule has 1 aromatic heterocycles. The van der Waals surface area contributed by atoms with Gasteiger partial charge in [0.05, 0.1) is 4.88 Å². The largest absolute Gasteiger partial charge is 0.398 e. The minimum atomic E-state index is 0.119. The van der Waals surface area contributed by atoms with Crippen molar-refractivity contribution in [3.63, 3.8) is 0 Å². The van der Waals surface area contributed by atoms with Crippen molar-refractivity contribution in [2.45, 2.75) is 33.6 Å². The van der Waals surface area contributed by atoms with Crippen molar-refractivity contribution < 1.29 is 4.79 Å². The lowest BCUT2D eigenvalue weighted by Crippen LogP contribution is -2.31. The Labute approximate surface area is 101 Å². The van der Waals surface area contributed by atoms with Gasteiger partial charge in [-0.15, -0.1) is 11.3 Å².